The van der Waals surface area contributed by atoms with E-state index < -0.39 is 36.1 Å². The molecule has 5 N–H and O–H groups in total. The lowest BCUT2D eigenvalue weighted by Gasteiger charge is -2.26. The molecule has 0 unspecified atom stereocenters. The van der Waals surface area contributed by atoms with E-state index in [4.69, 9.17) is 16.2 Å². The Morgan fingerprint density at radius 1 is 1.43 bits per heavy atom. The van der Waals surface area contributed by atoms with Crippen molar-refractivity contribution in [1.82, 2.24) is 9.88 Å². The van der Waals surface area contributed by atoms with Crippen LogP contribution in [0.25, 0.3) is 0 Å². The summed E-state index contributed by atoms with van der Waals surface area (Å²) in [6, 6.07) is 2.03. The minimum absolute atomic E-state index is 0.213. The van der Waals surface area contributed by atoms with Crippen LogP contribution in [-0.4, -0.2) is 51.1 Å². The number of nitrogens with zero attached hydrogens (tertiary/aromatic N) is 2. The van der Waals surface area contributed by atoms with E-state index in [-0.39, 0.29) is 12.2 Å². The fraction of sp³-hybridized carbons (Fsp3) is 0.385. The van der Waals surface area contributed by atoms with Crippen LogP contribution >= 0.6 is 15.9 Å². The Kier molecular flexibility index (Phi) is 4.46. The van der Waals surface area contributed by atoms with E-state index in [1.165, 1.54) is 0 Å². The van der Waals surface area contributed by atoms with Crippen molar-refractivity contribution in [3.8, 4) is 5.75 Å². The number of nitrogens with two attached hydrogens (primary N) is 2. The highest BCUT2D eigenvalue weighted by Crippen LogP contribution is 2.34. The third-order valence-corrected chi connectivity index (χ3v) is 4.18. The van der Waals surface area contributed by atoms with Crippen LogP contribution in [0.15, 0.2) is 16.7 Å². The summed E-state index contributed by atoms with van der Waals surface area (Å²) in [6.07, 6.45) is -1.65. The molecule has 23 heavy (non-hydrogen) atoms. The van der Waals surface area contributed by atoms with Crippen LogP contribution in [0.5, 0.6) is 5.75 Å². The van der Waals surface area contributed by atoms with Crippen molar-refractivity contribution in [3.05, 3.63) is 22.4 Å². The fourth-order valence-electron chi connectivity index (χ4n) is 2.43. The van der Waals surface area contributed by atoms with E-state index in [0.29, 0.717) is 10.3 Å². The van der Waals surface area contributed by atoms with E-state index in [1.54, 1.807) is 19.1 Å². The number of halogens is 1. The van der Waals surface area contributed by atoms with E-state index in [9.17, 15) is 19.5 Å². The highest BCUT2D eigenvalue weighted by Gasteiger charge is 2.54. The Hall–Kier alpha value is -2.36. The van der Waals surface area contributed by atoms with Gasteiger partial charge in [0.05, 0.1) is 6.54 Å². The molecule has 2 heterocycles. The molecule has 124 valence electrons. The molecule has 9 nitrogen and oxygen atoms in total. The molecule has 1 aliphatic heterocycles. The average Bonchev–Trinajstić information content (AvgIpc) is 2.84. The van der Waals surface area contributed by atoms with Crippen molar-refractivity contribution in [2.45, 2.75) is 25.0 Å². The topological polar surface area (TPSA) is 149 Å². The highest BCUT2D eigenvalue weighted by atomic mass is 79.9. The van der Waals surface area contributed by atoms with Gasteiger partial charge in [0, 0.05) is 12.1 Å². The Bertz CT molecular complexity index is 658. The summed E-state index contributed by atoms with van der Waals surface area (Å²) in [5, 5.41) is 9.19. The number of amides is 3. The van der Waals surface area contributed by atoms with Crippen molar-refractivity contribution in [1.29, 1.82) is 0 Å². The van der Waals surface area contributed by atoms with E-state index in [1.807, 2.05) is 0 Å². The third-order valence-electron chi connectivity index (χ3n) is 3.61. The Morgan fingerprint density at radius 2 is 2.09 bits per heavy atom. The molecule has 0 aliphatic carbocycles. The number of primary amides is 2. The second-order valence-electron chi connectivity index (χ2n) is 5.23. The summed E-state index contributed by atoms with van der Waals surface area (Å²) in [6.45, 7) is 1.37. The normalized spacial score (nSPS) is 23.6. The lowest BCUT2D eigenvalue weighted by molar-refractivity contribution is -0.132. The SMILES string of the molecule is Cc1ccc(O[C@]2(C(N)=O)C[C@@H](C(N)=O)N(C(=O)O)C2)c(Br)n1. The van der Waals surface area contributed by atoms with Crippen molar-refractivity contribution >= 4 is 33.8 Å². The Labute approximate surface area is 139 Å². The lowest BCUT2D eigenvalue weighted by atomic mass is 9.99. The van der Waals surface area contributed by atoms with Crippen LogP contribution in [0.1, 0.15) is 12.1 Å². The van der Waals surface area contributed by atoms with Gasteiger partial charge >= 0.3 is 6.09 Å². The molecule has 0 aromatic carbocycles. The number of carbonyl (C=O) groups is 3. The summed E-state index contributed by atoms with van der Waals surface area (Å²) >= 11 is 3.21. The number of aryl methyl sites for hydroxylation is 1. The highest BCUT2D eigenvalue weighted by molar-refractivity contribution is 9.10. The van der Waals surface area contributed by atoms with Crippen molar-refractivity contribution in [2.24, 2.45) is 11.5 Å². The van der Waals surface area contributed by atoms with Crippen LogP contribution in [0.4, 0.5) is 4.79 Å². The van der Waals surface area contributed by atoms with Gasteiger partial charge in [0.25, 0.3) is 5.91 Å². The fourth-order valence-corrected chi connectivity index (χ4v) is 2.92. The van der Waals surface area contributed by atoms with Gasteiger partial charge in [-0.3, -0.25) is 14.5 Å². The zero-order valence-corrected chi connectivity index (χ0v) is 13.7. The van der Waals surface area contributed by atoms with Crippen molar-refractivity contribution < 1.29 is 24.2 Å². The summed E-state index contributed by atoms with van der Waals surface area (Å²) in [5.41, 5.74) is 9.65. The number of carboxylic acid groups (broad SMARTS) is 1. The van der Waals surface area contributed by atoms with Crippen LogP contribution < -0.4 is 16.2 Å². The van der Waals surface area contributed by atoms with Gasteiger partial charge in [-0.05, 0) is 35.0 Å². The van der Waals surface area contributed by atoms with Crippen LogP contribution in [-0.2, 0) is 9.59 Å². The first-order chi connectivity index (χ1) is 10.7. The number of ether oxygens (including phenoxy) is 1. The number of hydrogen-bond acceptors (Lipinski definition) is 5. The molecule has 1 aromatic rings. The minimum Gasteiger partial charge on any atom is -0.473 e. The van der Waals surface area contributed by atoms with E-state index in [0.717, 1.165) is 4.90 Å². The van der Waals surface area contributed by atoms with Gasteiger partial charge in [0.2, 0.25) is 11.5 Å². The molecule has 1 aliphatic rings. The number of hydrogen-bond donors (Lipinski definition) is 3. The maximum atomic E-state index is 11.9. The first kappa shape index (κ1) is 17.0. The monoisotopic (exact) mass is 386 g/mol. The number of carbonyl (C=O) groups excluding carboxylic acids is 2. The average molecular weight is 387 g/mol. The largest absolute Gasteiger partial charge is 0.473 e. The molecule has 0 radical (unpaired) electrons. The summed E-state index contributed by atoms with van der Waals surface area (Å²) in [7, 11) is 0. The minimum atomic E-state index is -1.70. The standard InChI is InChI=1S/C13H15BrN4O5/c1-6-2-3-8(9(14)17-6)23-13(11(16)20)4-7(10(15)19)18(5-13)12(21)22/h2-3,7H,4-5H2,1H3,(H2,15,19)(H2,16,20)(H,21,22)/t7-,13+/m0/s1. The molecular formula is C13H15BrN4O5. The van der Waals surface area contributed by atoms with Gasteiger partial charge in [0.15, 0.2) is 5.75 Å². The third kappa shape index (κ3) is 3.21. The summed E-state index contributed by atoms with van der Waals surface area (Å²) in [4.78, 5) is 39.6. The van der Waals surface area contributed by atoms with Gasteiger partial charge in [0.1, 0.15) is 10.6 Å². The van der Waals surface area contributed by atoms with E-state index >= 15 is 0 Å². The van der Waals surface area contributed by atoms with Crippen molar-refractivity contribution in [3.63, 3.8) is 0 Å². The van der Waals surface area contributed by atoms with Gasteiger partial charge < -0.3 is 21.3 Å². The molecule has 0 saturated carbocycles. The predicted octanol–water partition coefficient (Wildman–Crippen LogP) is -0.00698. The molecule has 1 fully saturated rings. The number of pyridine rings is 1. The molecule has 2 rings (SSSR count). The maximum absolute atomic E-state index is 11.9. The quantitative estimate of drug-likeness (QED) is 0.619. The second kappa shape index (κ2) is 6.03. The van der Waals surface area contributed by atoms with Gasteiger partial charge in [-0.15, -0.1) is 0 Å². The van der Waals surface area contributed by atoms with Crippen LogP contribution in [0.2, 0.25) is 0 Å². The molecular weight excluding hydrogens is 372 g/mol. The Balaban J connectivity index is 2.39. The summed E-state index contributed by atoms with van der Waals surface area (Å²) in [5.74, 6) is -1.55. The summed E-state index contributed by atoms with van der Waals surface area (Å²) < 4.78 is 6.01. The van der Waals surface area contributed by atoms with Gasteiger partial charge in [-0.2, -0.15) is 0 Å². The lowest BCUT2D eigenvalue weighted by Crippen LogP contribution is -2.51. The molecule has 3 amide bonds. The zero-order chi connectivity index (χ0) is 17.4. The first-order valence-electron chi connectivity index (χ1n) is 6.57. The Morgan fingerprint density at radius 3 is 2.52 bits per heavy atom. The molecule has 2 atom stereocenters. The molecule has 1 aromatic heterocycles. The number of likely N-dealkylation sites (tertiary alicyclic amines) is 1. The molecule has 0 bridgehead atoms. The number of aromatic nitrogens is 1. The second-order valence-corrected chi connectivity index (χ2v) is 5.99. The van der Waals surface area contributed by atoms with Gasteiger partial charge in [-0.25, -0.2) is 9.78 Å². The first-order valence-corrected chi connectivity index (χ1v) is 7.36. The van der Waals surface area contributed by atoms with Gasteiger partial charge in [-0.1, -0.05) is 0 Å². The van der Waals surface area contributed by atoms with Crippen LogP contribution in [0.3, 0.4) is 0 Å². The smallest absolute Gasteiger partial charge is 0.408 e. The zero-order valence-electron chi connectivity index (χ0n) is 12.2. The number of rotatable bonds is 4. The molecule has 10 heteroatoms. The van der Waals surface area contributed by atoms with E-state index in [2.05, 4.69) is 20.9 Å². The molecule has 0 spiro atoms. The predicted molar refractivity (Wildman–Crippen MR) is 81.6 cm³/mol. The van der Waals surface area contributed by atoms with Crippen LogP contribution in [0, 0.1) is 6.92 Å². The maximum Gasteiger partial charge on any atom is 0.408 e. The van der Waals surface area contributed by atoms with Crippen molar-refractivity contribution in [2.75, 3.05) is 6.54 Å². The molecule has 1 saturated heterocycles.